The number of benzene rings is 1. The first-order valence-electron chi connectivity index (χ1n) is 5.94. The van der Waals surface area contributed by atoms with Crippen LogP contribution in [0.5, 0.6) is 0 Å². The SMILES string of the molecule is CC[C@@H](O)c1ccccc1Sc1nnc(C)n1C. The molecule has 0 fully saturated rings. The highest BCUT2D eigenvalue weighted by molar-refractivity contribution is 7.99. The Balaban J connectivity index is 2.32. The fraction of sp³-hybridized carbons (Fsp3) is 0.385. The molecule has 18 heavy (non-hydrogen) atoms. The molecule has 0 amide bonds. The molecule has 4 nitrogen and oxygen atoms in total. The van der Waals surface area contributed by atoms with Gasteiger partial charge in [-0.1, -0.05) is 25.1 Å². The maximum Gasteiger partial charge on any atom is 0.195 e. The average Bonchev–Trinajstić information content (AvgIpc) is 2.70. The van der Waals surface area contributed by atoms with Gasteiger partial charge >= 0.3 is 0 Å². The first kappa shape index (κ1) is 13.1. The lowest BCUT2D eigenvalue weighted by Crippen LogP contribution is -1.98. The number of aliphatic hydroxyl groups excluding tert-OH is 1. The van der Waals surface area contributed by atoms with Crippen molar-refractivity contribution in [2.45, 2.75) is 36.4 Å². The van der Waals surface area contributed by atoms with Gasteiger partial charge in [-0.05, 0) is 36.7 Å². The van der Waals surface area contributed by atoms with Gasteiger partial charge in [-0.15, -0.1) is 10.2 Å². The predicted molar refractivity (Wildman–Crippen MR) is 71.6 cm³/mol. The number of aliphatic hydroxyl groups is 1. The largest absolute Gasteiger partial charge is 0.388 e. The molecule has 2 aromatic rings. The first-order chi connectivity index (χ1) is 8.63. The Morgan fingerprint density at radius 2 is 2.06 bits per heavy atom. The van der Waals surface area contributed by atoms with Crippen LogP contribution in [0.2, 0.25) is 0 Å². The van der Waals surface area contributed by atoms with Crippen LogP contribution in [0.25, 0.3) is 0 Å². The molecule has 1 atom stereocenters. The van der Waals surface area contributed by atoms with Gasteiger partial charge in [0, 0.05) is 11.9 Å². The molecule has 0 spiro atoms. The molecule has 0 saturated heterocycles. The van der Waals surface area contributed by atoms with E-state index in [2.05, 4.69) is 10.2 Å². The molecule has 2 rings (SSSR count). The Bertz CT molecular complexity index is 539. The first-order valence-corrected chi connectivity index (χ1v) is 6.76. The second kappa shape index (κ2) is 5.54. The van der Waals surface area contributed by atoms with Gasteiger partial charge in [-0.2, -0.15) is 0 Å². The molecule has 1 N–H and O–H groups in total. The summed E-state index contributed by atoms with van der Waals surface area (Å²) in [6.45, 7) is 3.89. The van der Waals surface area contributed by atoms with E-state index in [1.165, 1.54) is 11.8 Å². The molecule has 0 bridgehead atoms. The number of aryl methyl sites for hydroxylation is 1. The monoisotopic (exact) mass is 263 g/mol. The van der Waals surface area contributed by atoms with E-state index in [0.717, 1.165) is 21.4 Å². The maximum atomic E-state index is 10.0. The summed E-state index contributed by atoms with van der Waals surface area (Å²) in [5, 5.41) is 19.0. The lowest BCUT2D eigenvalue weighted by Gasteiger charge is -2.12. The summed E-state index contributed by atoms with van der Waals surface area (Å²) >= 11 is 1.53. The van der Waals surface area contributed by atoms with Crippen LogP contribution < -0.4 is 0 Å². The van der Waals surface area contributed by atoms with Crippen LogP contribution in [0, 0.1) is 6.92 Å². The van der Waals surface area contributed by atoms with Crippen LogP contribution in [0.4, 0.5) is 0 Å². The van der Waals surface area contributed by atoms with E-state index in [4.69, 9.17) is 0 Å². The van der Waals surface area contributed by atoms with Gasteiger partial charge in [-0.25, -0.2) is 0 Å². The van der Waals surface area contributed by atoms with Crippen molar-refractivity contribution in [2.24, 2.45) is 7.05 Å². The number of aromatic nitrogens is 3. The molecule has 1 aromatic carbocycles. The molecular weight excluding hydrogens is 246 g/mol. The quantitative estimate of drug-likeness (QED) is 0.921. The van der Waals surface area contributed by atoms with E-state index in [0.29, 0.717) is 6.42 Å². The number of hydrogen-bond donors (Lipinski definition) is 1. The number of hydrogen-bond acceptors (Lipinski definition) is 4. The summed E-state index contributed by atoms with van der Waals surface area (Å²) in [5.74, 6) is 0.881. The molecule has 0 saturated carbocycles. The molecule has 1 heterocycles. The second-order valence-electron chi connectivity index (χ2n) is 4.15. The molecule has 5 heteroatoms. The summed E-state index contributed by atoms with van der Waals surface area (Å²) in [4.78, 5) is 1.03. The summed E-state index contributed by atoms with van der Waals surface area (Å²) in [6.07, 6.45) is 0.276. The standard InChI is InChI=1S/C13H17N3OS/c1-4-11(17)10-7-5-6-8-12(10)18-13-15-14-9(2)16(13)3/h5-8,11,17H,4H2,1-3H3/t11-/m1/s1. The lowest BCUT2D eigenvalue weighted by atomic mass is 10.1. The molecule has 0 aliphatic carbocycles. The van der Waals surface area contributed by atoms with E-state index >= 15 is 0 Å². The molecule has 0 unspecified atom stereocenters. The second-order valence-corrected chi connectivity index (χ2v) is 5.16. The van der Waals surface area contributed by atoms with Crippen LogP contribution in [0.3, 0.4) is 0 Å². The van der Waals surface area contributed by atoms with Crippen molar-refractivity contribution in [2.75, 3.05) is 0 Å². The molecule has 1 aromatic heterocycles. The highest BCUT2D eigenvalue weighted by Gasteiger charge is 2.13. The van der Waals surface area contributed by atoms with Crippen molar-refractivity contribution in [1.29, 1.82) is 0 Å². The topological polar surface area (TPSA) is 50.9 Å². The van der Waals surface area contributed by atoms with Crippen LogP contribution in [-0.2, 0) is 7.05 Å². The van der Waals surface area contributed by atoms with Gasteiger partial charge in [0.05, 0.1) is 6.10 Å². The van der Waals surface area contributed by atoms with Crippen molar-refractivity contribution < 1.29 is 5.11 Å². The van der Waals surface area contributed by atoms with E-state index in [1.54, 1.807) is 0 Å². The van der Waals surface area contributed by atoms with Crippen molar-refractivity contribution in [1.82, 2.24) is 14.8 Å². The van der Waals surface area contributed by atoms with Crippen molar-refractivity contribution in [3.8, 4) is 0 Å². The van der Waals surface area contributed by atoms with Crippen LogP contribution >= 0.6 is 11.8 Å². The Morgan fingerprint density at radius 3 is 2.67 bits per heavy atom. The normalized spacial score (nSPS) is 12.7. The summed E-state index contributed by atoms with van der Waals surface area (Å²) < 4.78 is 1.94. The molecule has 96 valence electrons. The minimum atomic E-state index is -0.428. The van der Waals surface area contributed by atoms with E-state index in [-0.39, 0.29) is 0 Å². The Kier molecular flexibility index (Phi) is 4.04. The van der Waals surface area contributed by atoms with E-state index < -0.39 is 6.10 Å². The zero-order valence-electron chi connectivity index (χ0n) is 10.8. The fourth-order valence-electron chi connectivity index (χ4n) is 1.64. The van der Waals surface area contributed by atoms with Gasteiger partial charge in [0.15, 0.2) is 5.16 Å². The predicted octanol–water partition coefficient (Wildman–Crippen LogP) is 2.72. The Morgan fingerprint density at radius 1 is 1.33 bits per heavy atom. The third-order valence-corrected chi connectivity index (χ3v) is 4.05. The zero-order valence-corrected chi connectivity index (χ0v) is 11.6. The highest BCUT2D eigenvalue weighted by Crippen LogP contribution is 2.33. The van der Waals surface area contributed by atoms with E-state index in [9.17, 15) is 5.11 Å². The number of nitrogens with zero attached hydrogens (tertiary/aromatic N) is 3. The zero-order chi connectivity index (χ0) is 13.1. The minimum Gasteiger partial charge on any atom is -0.388 e. The minimum absolute atomic E-state index is 0.428. The summed E-state index contributed by atoms with van der Waals surface area (Å²) in [6, 6.07) is 7.88. The molecular formula is C13H17N3OS. The third-order valence-electron chi connectivity index (χ3n) is 2.92. The third kappa shape index (κ3) is 2.57. The van der Waals surface area contributed by atoms with Crippen LogP contribution in [-0.4, -0.2) is 19.9 Å². The van der Waals surface area contributed by atoms with Gasteiger partial charge in [-0.3, -0.25) is 0 Å². The van der Waals surface area contributed by atoms with Gasteiger partial charge in [0.1, 0.15) is 5.82 Å². The number of rotatable bonds is 4. The summed E-state index contributed by atoms with van der Waals surface area (Å²) in [5.41, 5.74) is 0.950. The maximum absolute atomic E-state index is 10.0. The highest BCUT2D eigenvalue weighted by atomic mass is 32.2. The van der Waals surface area contributed by atoms with Gasteiger partial charge in [0.2, 0.25) is 0 Å². The smallest absolute Gasteiger partial charge is 0.195 e. The lowest BCUT2D eigenvalue weighted by molar-refractivity contribution is 0.171. The molecule has 0 radical (unpaired) electrons. The Labute approximate surface area is 111 Å². The van der Waals surface area contributed by atoms with Crippen LogP contribution in [0.15, 0.2) is 34.3 Å². The van der Waals surface area contributed by atoms with Crippen molar-refractivity contribution in [3.05, 3.63) is 35.7 Å². The molecule has 0 aliphatic heterocycles. The van der Waals surface area contributed by atoms with Crippen molar-refractivity contribution in [3.63, 3.8) is 0 Å². The van der Waals surface area contributed by atoms with Gasteiger partial charge < -0.3 is 9.67 Å². The van der Waals surface area contributed by atoms with Gasteiger partial charge in [0.25, 0.3) is 0 Å². The van der Waals surface area contributed by atoms with Crippen LogP contribution in [0.1, 0.15) is 30.8 Å². The average molecular weight is 263 g/mol. The Hall–Kier alpha value is -1.33. The van der Waals surface area contributed by atoms with E-state index in [1.807, 2.05) is 49.7 Å². The fourth-order valence-corrected chi connectivity index (χ4v) is 2.66. The molecule has 0 aliphatic rings. The van der Waals surface area contributed by atoms with Crippen molar-refractivity contribution >= 4 is 11.8 Å². The summed E-state index contributed by atoms with van der Waals surface area (Å²) in [7, 11) is 1.94.